The van der Waals surface area contributed by atoms with Gasteiger partial charge in [0.2, 0.25) is 0 Å². The minimum Gasteiger partial charge on any atom is -0.489 e. The summed E-state index contributed by atoms with van der Waals surface area (Å²) in [5.41, 5.74) is 1.73. The average molecular weight is 647 g/mol. The first kappa shape index (κ1) is 31.0. The van der Waals surface area contributed by atoms with Crippen molar-refractivity contribution in [1.29, 1.82) is 0 Å². The normalized spacial score (nSPS) is 14.9. The first-order chi connectivity index (χ1) is 20.4. The Kier molecular flexibility index (Phi) is 9.10. The average Bonchev–Trinajstić information content (AvgIpc) is 3.57. The number of carbonyl (C=O) groups excluding carboxylic acids is 2. The molecule has 1 atom stereocenters. The van der Waals surface area contributed by atoms with E-state index in [1.165, 1.54) is 18.4 Å². The largest absolute Gasteiger partial charge is 0.489 e. The molecule has 12 heteroatoms. The first-order valence-electron chi connectivity index (χ1n) is 13.9. The number of benzene rings is 2. The number of aromatic nitrogens is 2. The molecular formula is C31H33Cl2N3O6S. The highest BCUT2D eigenvalue weighted by atomic mass is 35.5. The van der Waals surface area contributed by atoms with E-state index < -0.39 is 17.7 Å². The Morgan fingerprint density at radius 1 is 1.07 bits per heavy atom. The summed E-state index contributed by atoms with van der Waals surface area (Å²) in [4.78, 5) is 31.6. The number of halogens is 2. The lowest BCUT2D eigenvalue weighted by atomic mass is 10.1. The van der Waals surface area contributed by atoms with Crippen molar-refractivity contribution >= 4 is 57.6 Å². The van der Waals surface area contributed by atoms with Crippen LogP contribution in [0.25, 0.3) is 16.0 Å². The standard InChI is InChI=1S/C31H33Cl2N3O6S/c1-18(21-7-6-8-24(27(21)33)41-20-11-13-35(14-12-20)30(38)42-31(2,3)4)40-25-16-26(43-28(25)29(37)39-5)36-17-34-22-10-9-19(32)15-23(22)36/h6-10,15-18,20H,11-14H2,1-5H3/t18-/m1/s1. The van der Waals surface area contributed by atoms with E-state index in [9.17, 15) is 9.59 Å². The number of ether oxygens (including phenoxy) is 4. The van der Waals surface area contributed by atoms with Crippen molar-refractivity contribution in [3.8, 4) is 16.5 Å². The van der Waals surface area contributed by atoms with Gasteiger partial charge < -0.3 is 23.8 Å². The van der Waals surface area contributed by atoms with Crippen LogP contribution in [0.2, 0.25) is 10.0 Å². The van der Waals surface area contributed by atoms with Crippen molar-refractivity contribution < 1.29 is 28.5 Å². The predicted molar refractivity (Wildman–Crippen MR) is 167 cm³/mol. The van der Waals surface area contributed by atoms with Crippen molar-refractivity contribution in [1.82, 2.24) is 14.5 Å². The minimum atomic E-state index is -0.540. The molecule has 1 saturated heterocycles. The molecule has 43 heavy (non-hydrogen) atoms. The van der Waals surface area contributed by atoms with E-state index in [1.807, 2.05) is 62.6 Å². The summed E-state index contributed by atoms with van der Waals surface area (Å²) in [6.45, 7) is 8.48. The second-order valence-corrected chi connectivity index (χ2v) is 13.1. The van der Waals surface area contributed by atoms with Gasteiger partial charge in [-0.05, 0) is 52.0 Å². The van der Waals surface area contributed by atoms with Crippen molar-refractivity contribution in [3.63, 3.8) is 0 Å². The Bertz CT molecular complexity index is 1640. The fourth-order valence-corrected chi connectivity index (χ4v) is 6.29. The van der Waals surface area contributed by atoms with Gasteiger partial charge in [0.15, 0.2) is 4.88 Å². The molecule has 2 aromatic carbocycles. The third-order valence-electron chi connectivity index (χ3n) is 6.92. The van der Waals surface area contributed by atoms with Gasteiger partial charge in [0.05, 0.1) is 23.2 Å². The number of hydrogen-bond acceptors (Lipinski definition) is 8. The van der Waals surface area contributed by atoms with E-state index in [0.717, 1.165) is 11.0 Å². The van der Waals surface area contributed by atoms with Crippen LogP contribution in [0, 0.1) is 0 Å². The van der Waals surface area contributed by atoms with E-state index in [1.54, 1.807) is 23.4 Å². The van der Waals surface area contributed by atoms with Crippen LogP contribution >= 0.6 is 34.5 Å². The summed E-state index contributed by atoms with van der Waals surface area (Å²) in [6.07, 6.45) is 2.04. The smallest absolute Gasteiger partial charge is 0.410 e. The van der Waals surface area contributed by atoms with E-state index in [0.29, 0.717) is 62.9 Å². The Hall–Kier alpha value is -3.47. The number of fused-ring (bicyclic) bond motifs is 1. The number of carbonyl (C=O) groups is 2. The summed E-state index contributed by atoms with van der Waals surface area (Å²) in [5.74, 6) is 0.383. The highest BCUT2D eigenvalue weighted by Crippen LogP contribution is 2.40. The predicted octanol–water partition coefficient (Wildman–Crippen LogP) is 8.10. The minimum absolute atomic E-state index is 0.105. The van der Waals surface area contributed by atoms with Gasteiger partial charge >= 0.3 is 12.1 Å². The molecule has 0 aliphatic carbocycles. The van der Waals surface area contributed by atoms with E-state index in [-0.39, 0.29) is 12.2 Å². The fourth-order valence-electron chi connectivity index (χ4n) is 4.81. The molecule has 9 nitrogen and oxygen atoms in total. The number of methoxy groups -OCH3 is 1. The van der Waals surface area contributed by atoms with E-state index in [4.69, 9.17) is 42.1 Å². The molecule has 0 bridgehead atoms. The van der Waals surface area contributed by atoms with Gasteiger partial charge in [0.1, 0.15) is 40.6 Å². The molecule has 0 spiro atoms. The zero-order valence-electron chi connectivity index (χ0n) is 24.6. The van der Waals surface area contributed by atoms with Crippen LogP contribution in [0.15, 0.2) is 48.8 Å². The summed E-state index contributed by atoms with van der Waals surface area (Å²) in [6, 6.07) is 12.7. The molecule has 0 N–H and O–H groups in total. The van der Waals surface area contributed by atoms with Gasteiger partial charge in [-0.25, -0.2) is 14.6 Å². The Balaban J connectivity index is 1.31. The van der Waals surface area contributed by atoms with E-state index >= 15 is 0 Å². The molecule has 1 amide bonds. The highest BCUT2D eigenvalue weighted by Gasteiger charge is 2.29. The first-order valence-corrected chi connectivity index (χ1v) is 15.5. The number of esters is 1. The number of thiophene rings is 1. The van der Waals surface area contributed by atoms with Crippen LogP contribution in [0.5, 0.6) is 11.5 Å². The number of imidazole rings is 1. The molecular weight excluding hydrogens is 613 g/mol. The lowest BCUT2D eigenvalue weighted by Crippen LogP contribution is -2.44. The van der Waals surface area contributed by atoms with Crippen molar-refractivity contribution in [2.45, 2.75) is 58.3 Å². The number of likely N-dealkylation sites (tertiary alicyclic amines) is 1. The van der Waals surface area contributed by atoms with Crippen LogP contribution in [-0.2, 0) is 9.47 Å². The topological polar surface area (TPSA) is 92.1 Å². The molecule has 3 heterocycles. The molecule has 1 fully saturated rings. The summed E-state index contributed by atoms with van der Waals surface area (Å²) < 4.78 is 25.0. The quantitative estimate of drug-likeness (QED) is 0.187. The van der Waals surface area contributed by atoms with Crippen LogP contribution < -0.4 is 9.47 Å². The summed E-state index contributed by atoms with van der Waals surface area (Å²) in [7, 11) is 1.33. The van der Waals surface area contributed by atoms with Crippen molar-refractivity contribution in [3.05, 3.63) is 69.3 Å². The SMILES string of the molecule is COC(=O)c1sc(-n2cnc3ccc(Cl)cc32)cc1O[C@H](C)c1cccc(OC2CCN(C(=O)OC(C)(C)C)CC2)c1Cl. The maximum atomic E-state index is 12.7. The lowest BCUT2D eigenvalue weighted by Gasteiger charge is -2.33. The third kappa shape index (κ3) is 7.03. The number of hydrogen-bond donors (Lipinski definition) is 0. The molecule has 1 aliphatic heterocycles. The molecule has 0 saturated carbocycles. The van der Waals surface area contributed by atoms with Crippen molar-refractivity contribution in [2.24, 2.45) is 0 Å². The maximum absolute atomic E-state index is 12.7. The van der Waals surface area contributed by atoms with Crippen LogP contribution in [0.1, 0.15) is 61.9 Å². The summed E-state index contributed by atoms with van der Waals surface area (Å²) >= 11 is 14.3. The number of nitrogens with zero attached hydrogens (tertiary/aromatic N) is 3. The molecule has 0 radical (unpaired) electrons. The number of amides is 1. The zero-order chi connectivity index (χ0) is 30.9. The fraction of sp³-hybridized carbons (Fsp3) is 0.387. The van der Waals surface area contributed by atoms with Gasteiger partial charge in [-0.3, -0.25) is 4.57 Å². The molecule has 4 aromatic rings. The number of rotatable bonds is 7. The number of piperidine rings is 1. The Morgan fingerprint density at radius 3 is 2.51 bits per heavy atom. The second-order valence-electron chi connectivity index (χ2n) is 11.2. The van der Waals surface area contributed by atoms with Crippen LogP contribution in [-0.4, -0.2) is 58.4 Å². The van der Waals surface area contributed by atoms with Gasteiger partial charge in [-0.1, -0.05) is 35.3 Å². The van der Waals surface area contributed by atoms with Gasteiger partial charge in [-0.15, -0.1) is 11.3 Å². The molecule has 1 aliphatic rings. The molecule has 228 valence electrons. The Labute approximate surface area is 264 Å². The van der Waals surface area contributed by atoms with Gasteiger partial charge in [0.25, 0.3) is 0 Å². The van der Waals surface area contributed by atoms with Crippen molar-refractivity contribution in [2.75, 3.05) is 20.2 Å². The maximum Gasteiger partial charge on any atom is 0.410 e. The highest BCUT2D eigenvalue weighted by molar-refractivity contribution is 7.16. The monoisotopic (exact) mass is 645 g/mol. The van der Waals surface area contributed by atoms with E-state index in [2.05, 4.69) is 4.98 Å². The Morgan fingerprint density at radius 2 is 1.81 bits per heavy atom. The molecule has 5 rings (SSSR count). The third-order valence-corrected chi connectivity index (χ3v) is 8.66. The zero-order valence-corrected chi connectivity index (χ0v) is 26.9. The summed E-state index contributed by atoms with van der Waals surface area (Å²) in [5, 5.41) is 1.72. The van der Waals surface area contributed by atoms with Crippen LogP contribution in [0.4, 0.5) is 4.79 Å². The van der Waals surface area contributed by atoms with Gasteiger partial charge in [0, 0.05) is 42.6 Å². The van der Waals surface area contributed by atoms with Crippen LogP contribution in [0.3, 0.4) is 0 Å². The molecule has 0 unspecified atom stereocenters. The molecule has 2 aromatic heterocycles. The lowest BCUT2D eigenvalue weighted by molar-refractivity contribution is 0.0126. The van der Waals surface area contributed by atoms with Gasteiger partial charge in [-0.2, -0.15) is 0 Å². The second kappa shape index (κ2) is 12.6.